The van der Waals surface area contributed by atoms with Crippen molar-refractivity contribution >= 4 is 12.0 Å². The van der Waals surface area contributed by atoms with Gasteiger partial charge < -0.3 is 15.3 Å². The minimum absolute atomic E-state index is 0.171. The fourth-order valence-electron chi connectivity index (χ4n) is 2.44. The van der Waals surface area contributed by atoms with Gasteiger partial charge in [0.2, 0.25) is 0 Å². The molecule has 2 atom stereocenters. The van der Waals surface area contributed by atoms with Crippen LogP contribution in [0.5, 0.6) is 0 Å². The maximum absolute atomic E-state index is 12.8. The lowest BCUT2D eigenvalue weighted by Gasteiger charge is -2.18. The number of halogens is 3. The molecule has 2 rings (SSSR count). The van der Waals surface area contributed by atoms with Gasteiger partial charge in [-0.3, -0.25) is 4.79 Å². The highest BCUT2D eigenvalue weighted by atomic mass is 19.4. The topological polar surface area (TPSA) is 69.6 Å². The molecule has 1 aromatic rings. The van der Waals surface area contributed by atoms with Crippen molar-refractivity contribution in [3.63, 3.8) is 0 Å². The van der Waals surface area contributed by atoms with E-state index >= 15 is 0 Å². The lowest BCUT2D eigenvalue weighted by molar-refractivity contribution is -0.187. The van der Waals surface area contributed by atoms with Gasteiger partial charge in [0.1, 0.15) is 0 Å². The Balaban J connectivity index is 1.98. The summed E-state index contributed by atoms with van der Waals surface area (Å²) in [6.07, 6.45) is -4.64. The minimum Gasteiger partial charge on any atom is -0.481 e. The highest BCUT2D eigenvalue weighted by Gasteiger charge is 2.53. The normalized spacial score (nSPS) is 21.7. The lowest BCUT2D eigenvalue weighted by atomic mass is 9.96. The molecule has 22 heavy (non-hydrogen) atoms. The van der Waals surface area contributed by atoms with E-state index in [2.05, 4.69) is 5.32 Å². The number of benzene rings is 1. The Morgan fingerprint density at radius 2 is 1.86 bits per heavy atom. The number of nitrogens with one attached hydrogen (secondary N) is 1. The second-order valence-electron chi connectivity index (χ2n) is 5.14. The molecule has 1 heterocycles. The monoisotopic (exact) mass is 316 g/mol. The Bertz CT molecular complexity index is 548. The molecule has 1 fully saturated rings. The van der Waals surface area contributed by atoms with E-state index in [1.807, 2.05) is 0 Å². The van der Waals surface area contributed by atoms with E-state index in [-0.39, 0.29) is 6.54 Å². The number of aliphatic carboxylic acids is 1. The summed E-state index contributed by atoms with van der Waals surface area (Å²) in [6.45, 7) is -0.911. The molecule has 2 amide bonds. The average molecular weight is 316 g/mol. The first-order valence-electron chi connectivity index (χ1n) is 6.65. The van der Waals surface area contributed by atoms with Gasteiger partial charge in [-0.15, -0.1) is 0 Å². The van der Waals surface area contributed by atoms with Gasteiger partial charge in [0.15, 0.2) is 0 Å². The van der Waals surface area contributed by atoms with Crippen molar-refractivity contribution < 1.29 is 27.9 Å². The molecule has 1 aromatic carbocycles. The molecule has 0 unspecified atom stereocenters. The number of hydrogen-bond acceptors (Lipinski definition) is 2. The van der Waals surface area contributed by atoms with Crippen LogP contribution in [0.3, 0.4) is 0 Å². The van der Waals surface area contributed by atoms with Gasteiger partial charge >= 0.3 is 18.2 Å². The molecule has 0 radical (unpaired) electrons. The fraction of sp³-hybridized carbons (Fsp3) is 0.429. The number of hydrogen-bond donors (Lipinski definition) is 2. The van der Waals surface area contributed by atoms with Crippen LogP contribution in [0.1, 0.15) is 5.56 Å². The second kappa shape index (κ2) is 6.25. The molecule has 0 aromatic heterocycles. The fourth-order valence-corrected chi connectivity index (χ4v) is 2.44. The number of carboxylic acid groups (broad SMARTS) is 1. The highest BCUT2D eigenvalue weighted by Crippen LogP contribution is 2.37. The lowest BCUT2D eigenvalue weighted by Crippen LogP contribution is -2.39. The molecular weight excluding hydrogens is 301 g/mol. The number of carbonyl (C=O) groups excluding carboxylic acids is 1. The maximum atomic E-state index is 12.8. The standard InChI is InChI=1S/C14H15F3N2O3/c15-14(16,17)11-8-19(7-10(11)12(20)21)13(22)18-6-9-4-2-1-3-5-9/h1-5,10-11H,6-8H2,(H,18,22)(H,20,21)/t10-,11-/m1/s1. The van der Waals surface area contributed by atoms with Crippen LogP contribution in [-0.4, -0.2) is 41.3 Å². The number of rotatable bonds is 3. The zero-order valence-corrected chi connectivity index (χ0v) is 11.5. The van der Waals surface area contributed by atoms with Crippen molar-refractivity contribution in [2.24, 2.45) is 11.8 Å². The number of amides is 2. The van der Waals surface area contributed by atoms with Gasteiger partial charge in [-0.2, -0.15) is 13.2 Å². The molecule has 1 aliphatic heterocycles. The number of nitrogens with zero attached hydrogens (tertiary/aromatic N) is 1. The molecular formula is C14H15F3N2O3. The van der Waals surface area contributed by atoms with Crippen molar-refractivity contribution in [1.82, 2.24) is 10.2 Å². The average Bonchev–Trinajstić information content (AvgIpc) is 2.91. The molecule has 1 aliphatic rings. The number of carbonyl (C=O) groups is 2. The van der Waals surface area contributed by atoms with E-state index in [9.17, 15) is 22.8 Å². The number of alkyl halides is 3. The smallest absolute Gasteiger partial charge is 0.394 e. The molecule has 8 heteroatoms. The number of likely N-dealkylation sites (tertiary alicyclic amines) is 1. The Labute approximate surface area is 124 Å². The van der Waals surface area contributed by atoms with Gasteiger partial charge in [-0.1, -0.05) is 30.3 Å². The summed E-state index contributed by atoms with van der Waals surface area (Å²) in [5.41, 5.74) is 0.803. The molecule has 0 bridgehead atoms. The van der Waals surface area contributed by atoms with Gasteiger partial charge in [-0.05, 0) is 5.56 Å². The van der Waals surface area contributed by atoms with E-state index < -0.39 is 43.1 Å². The zero-order valence-electron chi connectivity index (χ0n) is 11.5. The molecule has 0 spiro atoms. The summed E-state index contributed by atoms with van der Waals surface area (Å²) >= 11 is 0. The van der Waals surface area contributed by atoms with Crippen LogP contribution in [0.25, 0.3) is 0 Å². The van der Waals surface area contributed by atoms with Crippen molar-refractivity contribution in [3.05, 3.63) is 35.9 Å². The summed E-state index contributed by atoms with van der Waals surface area (Å²) in [4.78, 5) is 23.8. The van der Waals surface area contributed by atoms with Crippen molar-refractivity contribution in [2.75, 3.05) is 13.1 Å². The van der Waals surface area contributed by atoms with Crippen LogP contribution in [-0.2, 0) is 11.3 Å². The van der Waals surface area contributed by atoms with Crippen molar-refractivity contribution in [3.8, 4) is 0 Å². The Morgan fingerprint density at radius 3 is 2.36 bits per heavy atom. The van der Waals surface area contributed by atoms with E-state index in [0.717, 1.165) is 10.5 Å². The predicted octanol–water partition coefficient (Wildman–Crippen LogP) is 2.09. The minimum atomic E-state index is -4.64. The first-order valence-corrected chi connectivity index (χ1v) is 6.65. The predicted molar refractivity (Wildman–Crippen MR) is 70.9 cm³/mol. The van der Waals surface area contributed by atoms with Gasteiger partial charge in [-0.25, -0.2) is 4.79 Å². The van der Waals surface area contributed by atoms with Crippen LogP contribution < -0.4 is 5.32 Å². The summed E-state index contributed by atoms with van der Waals surface area (Å²) in [7, 11) is 0. The zero-order chi connectivity index (χ0) is 16.3. The molecule has 5 nitrogen and oxygen atoms in total. The van der Waals surface area contributed by atoms with E-state index in [1.54, 1.807) is 30.3 Å². The highest BCUT2D eigenvalue weighted by molar-refractivity contribution is 5.77. The van der Waals surface area contributed by atoms with E-state index in [4.69, 9.17) is 5.11 Å². The third kappa shape index (κ3) is 3.69. The van der Waals surface area contributed by atoms with Crippen molar-refractivity contribution in [1.29, 1.82) is 0 Å². The van der Waals surface area contributed by atoms with Crippen molar-refractivity contribution in [2.45, 2.75) is 12.7 Å². The van der Waals surface area contributed by atoms with E-state index in [1.165, 1.54) is 0 Å². The third-order valence-electron chi connectivity index (χ3n) is 3.63. The first-order chi connectivity index (χ1) is 10.3. The van der Waals surface area contributed by atoms with Gasteiger partial charge in [0.05, 0.1) is 11.8 Å². The summed E-state index contributed by atoms with van der Waals surface area (Å²) in [6, 6.07) is 8.19. The first kappa shape index (κ1) is 16.1. The molecule has 0 saturated carbocycles. The Morgan fingerprint density at radius 1 is 1.23 bits per heavy atom. The molecule has 2 N–H and O–H groups in total. The quantitative estimate of drug-likeness (QED) is 0.897. The molecule has 1 saturated heterocycles. The Hall–Kier alpha value is -2.25. The van der Waals surface area contributed by atoms with Gasteiger partial charge in [0.25, 0.3) is 0 Å². The third-order valence-corrected chi connectivity index (χ3v) is 3.63. The van der Waals surface area contributed by atoms with Crippen LogP contribution >= 0.6 is 0 Å². The summed E-state index contributed by atoms with van der Waals surface area (Å²) in [5.74, 6) is -5.20. The van der Waals surface area contributed by atoms with Crippen LogP contribution in [0.2, 0.25) is 0 Å². The van der Waals surface area contributed by atoms with Crippen LogP contribution in [0.15, 0.2) is 30.3 Å². The van der Waals surface area contributed by atoms with E-state index in [0.29, 0.717) is 0 Å². The SMILES string of the molecule is O=C(O)[C@@H]1CN(C(=O)NCc2ccccc2)C[C@H]1C(F)(F)F. The van der Waals surface area contributed by atoms with Crippen LogP contribution in [0.4, 0.5) is 18.0 Å². The largest absolute Gasteiger partial charge is 0.481 e. The number of urea groups is 1. The number of carboxylic acids is 1. The Kier molecular flexibility index (Phi) is 4.58. The van der Waals surface area contributed by atoms with Crippen LogP contribution in [0, 0.1) is 11.8 Å². The second-order valence-corrected chi connectivity index (χ2v) is 5.14. The maximum Gasteiger partial charge on any atom is 0.394 e. The molecule has 120 valence electrons. The summed E-state index contributed by atoms with van der Waals surface area (Å²) < 4.78 is 38.5. The molecule has 0 aliphatic carbocycles. The van der Waals surface area contributed by atoms with Gasteiger partial charge in [0, 0.05) is 19.6 Å². The summed E-state index contributed by atoms with van der Waals surface area (Å²) in [5, 5.41) is 11.4.